The standard InChI is InChI=1S/C72H92N10O22/c1-3-4-5-6-13-30-100-50-25-22-45-33-47(19-18-46(45)34-50)63(91)76-51-36-55(88)68(102-32-28-75-72(99)104-40-43-16-11-8-12-17-43)80-67(95)60-53(86)26-29-81(60)70(97)58(54(87)37-56(73)89)78-66(94)59(79-65(93)52-35-49(85)38-82(52)69(96)57(41(2)83)77-64(51)92)61(90)62(44-20-23-48(84)24-21-44)101-31-27-74-71(98)103-39-42-14-9-7-10-15-42/h7-12,14-25,33-34,41,49,51-55,57-62,68,83-88,90H,3-6,13,26-32,35-40H2,1-2H3,(H2,73,89)(H,74,98)(H,75,99)(H,76,91)(H,77,92)(H,78,94)(H,79,93)(H,80,95)/t41-,49-,51+,52+,53+,54-,55-,57+,58+,59-,60+,61+,62?,68-/m1/s1. The lowest BCUT2D eigenvalue weighted by Gasteiger charge is -2.35. The Bertz CT molecular complexity index is 3730. The van der Waals surface area contributed by atoms with Crippen LogP contribution in [0.2, 0.25) is 0 Å². The van der Waals surface area contributed by atoms with Gasteiger partial charge in [-0.25, -0.2) is 9.59 Å². The summed E-state index contributed by atoms with van der Waals surface area (Å²) >= 11 is 0. The number of carbonyl (C=O) groups is 10. The van der Waals surface area contributed by atoms with Crippen LogP contribution in [0.3, 0.4) is 0 Å². The summed E-state index contributed by atoms with van der Waals surface area (Å²) in [5, 5.41) is 99.6. The van der Waals surface area contributed by atoms with E-state index in [1.54, 1.807) is 84.9 Å². The largest absolute Gasteiger partial charge is 0.508 e. The number of benzene rings is 5. The number of alkyl carbamates (subject to hydrolysis) is 2. The molecule has 104 heavy (non-hydrogen) atoms. The average molecular weight is 1450 g/mol. The number of phenolic OH excluding ortho intramolecular Hbond substituents is 1. The third-order valence-corrected chi connectivity index (χ3v) is 17.7. The molecule has 8 rings (SSSR count). The van der Waals surface area contributed by atoms with Crippen LogP contribution < -0.4 is 47.7 Å². The highest BCUT2D eigenvalue weighted by Gasteiger charge is 2.49. The summed E-state index contributed by atoms with van der Waals surface area (Å²) in [6.07, 6.45) is -15.3. The number of phenols is 1. The van der Waals surface area contributed by atoms with Crippen molar-refractivity contribution in [1.82, 2.24) is 47.0 Å². The van der Waals surface area contributed by atoms with Gasteiger partial charge in [-0.15, -0.1) is 0 Å². The van der Waals surface area contributed by atoms with E-state index in [2.05, 4.69) is 44.1 Å². The molecule has 0 spiro atoms. The number of nitrogens with zero attached hydrogens (tertiary/aromatic N) is 2. The maximum Gasteiger partial charge on any atom is 0.407 e. The molecular weight excluding hydrogens is 1360 g/mol. The molecule has 3 aliphatic heterocycles. The van der Waals surface area contributed by atoms with Crippen molar-refractivity contribution < 1.29 is 107 Å². The van der Waals surface area contributed by atoms with Gasteiger partial charge in [-0.3, -0.25) is 38.4 Å². The molecule has 0 aromatic heterocycles. The van der Waals surface area contributed by atoms with Gasteiger partial charge in [-0.2, -0.15) is 0 Å². The molecule has 0 saturated carbocycles. The first-order valence-corrected chi connectivity index (χ1v) is 34.5. The van der Waals surface area contributed by atoms with Crippen LogP contribution in [0.15, 0.2) is 121 Å². The zero-order valence-corrected chi connectivity index (χ0v) is 57.6. The SMILES string of the molecule is CCCCCCCOc1ccc2cc(C(=O)N[C@H]3C[C@@H](O)[C@@H](OCCNC(=O)OCc4ccccc4)NC(=O)[C@@H]4[C@@H](O)CCN4C(=O)[C@H]([C@H](O)CC(N)=O)NC(=O)[C@@H]([C@H](O)C(OCCNC(=O)OCc4ccccc4)c4ccc(O)cc4)NC(=O)[C@@H]4C[C@@H](O)CN4C(=O)[C@H]([C@@H](C)O)NC3=O)ccc2c1. The van der Waals surface area contributed by atoms with Crippen LogP contribution in [-0.2, 0) is 65.7 Å². The minimum atomic E-state index is -2.39. The van der Waals surface area contributed by atoms with E-state index >= 15 is 24.0 Å². The second-order valence-corrected chi connectivity index (χ2v) is 25.6. The van der Waals surface area contributed by atoms with Crippen LogP contribution in [0.25, 0.3) is 10.8 Å². The zero-order valence-electron chi connectivity index (χ0n) is 57.6. The van der Waals surface area contributed by atoms with E-state index < -0.39 is 190 Å². The molecule has 16 N–H and O–H groups in total. The molecule has 0 bridgehead atoms. The van der Waals surface area contributed by atoms with Crippen molar-refractivity contribution in [2.24, 2.45) is 5.73 Å². The number of carbonyl (C=O) groups excluding carboxylic acids is 10. The molecule has 5 aromatic carbocycles. The summed E-state index contributed by atoms with van der Waals surface area (Å²) in [5.74, 6) is -9.86. The molecule has 0 radical (unpaired) electrons. The Hall–Kier alpha value is -10.1. The van der Waals surface area contributed by atoms with Crippen molar-refractivity contribution >= 4 is 70.2 Å². The molecule has 3 saturated heterocycles. The lowest BCUT2D eigenvalue weighted by atomic mass is 9.96. The number of ether oxygens (including phenoxy) is 5. The van der Waals surface area contributed by atoms with Gasteiger partial charge in [0.15, 0.2) is 6.23 Å². The van der Waals surface area contributed by atoms with Crippen molar-refractivity contribution in [3.63, 3.8) is 0 Å². The number of hydrogen-bond acceptors (Lipinski definition) is 22. The van der Waals surface area contributed by atoms with Crippen molar-refractivity contribution in [2.45, 2.75) is 170 Å². The van der Waals surface area contributed by atoms with E-state index in [4.69, 9.17) is 29.4 Å². The number of unbranched alkanes of at least 4 members (excludes halogenated alkanes) is 4. The Kier molecular flexibility index (Phi) is 29.9. The van der Waals surface area contributed by atoms with Crippen molar-refractivity contribution in [1.29, 1.82) is 0 Å². The fourth-order valence-corrected chi connectivity index (χ4v) is 12.2. The first-order valence-electron chi connectivity index (χ1n) is 34.5. The number of rotatable bonds is 28. The van der Waals surface area contributed by atoms with Gasteiger partial charge >= 0.3 is 12.2 Å². The van der Waals surface area contributed by atoms with Crippen LogP contribution in [-0.4, -0.2) is 230 Å². The van der Waals surface area contributed by atoms with Gasteiger partial charge in [0.05, 0.1) is 50.7 Å². The number of amides is 10. The molecule has 32 nitrogen and oxygen atoms in total. The molecule has 5 aromatic rings. The van der Waals surface area contributed by atoms with Crippen LogP contribution in [0, 0.1) is 0 Å². The smallest absolute Gasteiger partial charge is 0.407 e. The second-order valence-electron chi connectivity index (χ2n) is 25.6. The van der Waals surface area contributed by atoms with Gasteiger partial charge in [0.2, 0.25) is 41.4 Å². The topological polar surface area (TPSA) is 475 Å². The number of aliphatic hydroxyl groups excluding tert-OH is 6. The van der Waals surface area contributed by atoms with Crippen molar-refractivity contribution in [3.8, 4) is 11.5 Å². The molecule has 3 heterocycles. The minimum Gasteiger partial charge on any atom is -0.508 e. The summed E-state index contributed by atoms with van der Waals surface area (Å²) in [7, 11) is 0. The number of hydrogen-bond donors (Lipinski definition) is 15. The fraction of sp³-hybridized carbons (Fsp3) is 0.472. The molecular formula is C72H92N10O22. The summed E-state index contributed by atoms with van der Waals surface area (Å²) < 4.78 is 28.7. The van der Waals surface area contributed by atoms with Crippen LogP contribution in [0.5, 0.6) is 11.5 Å². The molecule has 562 valence electrons. The quantitative estimate of drug-likeness (QED) is 0.0297. The zero-order chi connectivity index (χ0) is 75.0. The first kappa shape index (κ1) is 79.6. The fourth-order valence-electron chi connectivity index (χ4n) is 12.2. The molecule has 1 unspecified atom stereocenters. The van der Waals surface area contributed by atoms with Gasteiger partial charge in [0.1, 0.15) is 79.3 Å². The van der Waals surface area contributed by atoms with Gasteiger partial charge in [-0.05, 0) is 83.6 Å². The van der Waals surface area contributed by atoms with Crippen LogP contribution in [0.4, 0.5) is 9.59 Å². The van der Waals surface area contributed by atoms with Gasteiger partial charge < -0.3 is 112 Å². The number of aromatic hydroxyl groups is 1. The van der Waals surface area contributed by atoms with E-state index in [9.17, 15) is 59.7 Å². The Morgan fingerprint density at radius 2 is 1.24 bits per heavy atom. The summed E-state index contributed by atoms with van der Waals surface area (Å²) in [5.41, 5.74) is 6.83. The Balaban J connectivity index is 1.16. The Labute approximate surface area is 599 Å². The normalized spacial score (nSPS) is 23.3. The predicted molar refractivity (Wildman–Crippen MR) is 370 cm³/mol. The number of nitrogens with two attached hydrogens (primary N) is 1. The van der Waals surface area contributed by atoms with Crippen LogP contribution in [0.1, 0.15) is 105 Å². The molecule has 32 heteroatoms. The minimum absolute atomic E-state index is 0.0102. The maximum atomic E-state index is 15.3. The summed E-state index contributed by atoms with van der Waals surface area (Å²) in [6, 6.07) is 19.4. The lowest BCUT2D eigenvalue weighted by molar-refractivity contribution is -0.150. The molecule has 3 fully saturated rings. The molecule has 0 aliphatic carbocycles. The van der Waals surface area contributed by atoms with E-state index in [1.807, 2.05) is 0 Å². The molecule has 10 amide bonds. The van der Waals surface area contributed by atoms with Crippen molar-refractivity contribution in [2.75, 3.05) is 46.0 Å². The number of nitrogens with one attached hydrogen (secondary N) is 7. The summed E-state index contributed by atoms with van der Waals surface area (Å²) in [6.45, 7) is 0.553. The summed E-state index contributed by atoms with van der Waals surface area (Å²) in [4.78, 5) is 145. The average Bonchev–Trinajstić information content (AvgIpc) is 1.47. The third-order valence-electron chi connectivity index (χ3n) is 17.7. The van der Waals surface area contributed by atoms with Gasteiger partial charge in [-0.1, -0.05) is 118 Å². The van der Waals surface area contributed by atoms with E-state index in [-0.39, 0.29) is 49.6 Å². The highest BCUT2D eigenvalue weighted by atomic mass is 16.6. The van der Waals surface area contributed by atoms with Crippen LogP contribution >= 0.6 is 0 Å². The Morgan fingerprint density at radius 3 is 1.88 bits per heavy atom. The number of fused-ring (bicyclic) bond motifs is 3. The third kappa shape index (κ3) is 22.7. The molecule has 3 aliphatic rings. The lowest BCUT2D eigenvalue weighted by Crippen LogP contribution is -2.64. The first-order chi connectivity index (χ1) is 49.9. The monoisotopic (exact) mass is 1450 g/mol. The highest BCUT2D eigenvalue weighted by Crippen LogP contribution is 2.29. The number of primary amides is 1. The van der Waals surface area contributed by atoms with Gasteiger partial charge in [0, 0.05) is 44.6 Å². The van der Waals surface area contributed by atoms with E-state index in [0.29, 0.717) is 39.2 Å². The van der Waals surface area contributed by atoms with E-state index in [0.717, 1.165) is 43.9 Å². The predicted octanol–water partition coefficient (Wildman–Crippen LogP) is 0.183. The number of aliphatic hydroxyl groups is 6. The highest BCUT2D eigenvalue weighted by molar-refractivity contribution is 6.02. The van der Waals surface area contributed by atoms with Crippen molar-refractivity contribution in [3.05, 3.63) is 144 Å². The molecule has 14 atom stereocenters. The van der Waals surface area contributed by atoms with Gasteiger partial charge in [0.25, 0.3) is 5.91 Å². The second kappa shape index (κ2) is 39.0. The van der Waals surface area contributed by atoms with E-state index in [1.165, 1.54) is 36.4 Å². The Morgan fingerprint density at radius 1 is 0.635 bits per heavy atom. The maximum absolute atomic E-state index is 15.3.